The number of rotatable bonds is 5. The van der Waals surface area contributed by atoms with Gasteiger partial charge < -0.3 is 14.8 Å². The van der Waals surface area contributed by atoms with Crippen molar-refractivity contribution in [3.8, 4) is 11.5 Å². The van der Waals surface area contributed by atoms with E-state index in [9.17, 15) is 0 Å². The highest BCUT2D eigenvalue weighted by molar-refractivity contribution is 5.85. The van der Waals surface area contributed by atoms with E-state index in [1.54, 1.807) is 17.2 Å². The summed E-state index contributed by atoms with van der Waals surface area (Å²) in [6.07, 6.45) is 4.45. The summed E-state index contributed by atoms with van der Waals surface area (Å²) in [5.74, 6) is 2.60. The third-order valence-corrected chi connectivity index (χ3v) is 4.35. The standard InChI is InChI=1S/C18H21N5O2/c1-4-24-15-6-12-5-11(2)25-16(12)7-13(15)8-19-17-14-9-22-23(3)18(14)21-10-20-17/h6-7,9-11H,4-5,8H2,1-3H3,(H,19,20,21)/t11-/m1/s1. The Kier molecular flexibility index (Phi) is 3.91. The lowest BCUT2D eigenvalue weighted by Crippen LogP contribution is -2.06. The molecule has 7 heteroatoms. The molecule has 0 saturated carbocycles. The molecule has 0 bridgehead atoms. The number of aromatic nitrogens is 4. The summed E-state index contributed by atoms with van der Waals surface area (Å²) in [5.41, 5.74) is 3.05. The van der Waals surface area contributed by atoms with Crippen LogP contribution >= 0.6 is 0 Å². The van der Waals surface area contributed by atoms with Crippen LogP contribution in [-0.2, 0) is 20.0 Å². The predicted octanol–water partition coefficient (Wildman–Crippen LogP) is 2.70. The first-order valence-electron chi connectivity index (χ1n) is 8.47. The summed E-state index contributed by atoms with van der Waals surface area (Å²) in [4.78, 5) is 8.61. The van der Waals surface area contributed by atoms with Crippen molar-refractivity contribution in [3.63, 3.8) is 0 Å². The van der Waals surface area contributed by atoms with Gasteiger partial charge in [0.05, 0.1) is 18.2 Å². The second-order valence-electron chi connectivity index (χ2n) is 6.21. The molecule has 3 heterocycles. The molecule has 4 rings (SSSR count). The number of ether oxygens (including phenoxy) is 2. The first-order chi connectivity index (χ1) is 12.2. The Morgan fingerprint density at radius 2 is 2.24 bits per heavy atom. The fourth-order valence-corrected chi connectivity index (χ4v) is 3.19. The van der Waals surface area contributed by atoms with E-state index in [2.05, 4.69) is 39.4 Å². The zero-order valence-electron chi connectivity index (χ0n) is 14.6. The van der Waals surface area contributed by atoms with Gasteiger partial charge >= 0.3 is 0 Å². The van der Waals surface area contributed by atoms with Gasteiger partial charge in [-0.1, -0.05) is 0 Å². The summed E-state index contributed by atoms with van der Waals surface area (Å²) in [7, 11) is 1.87. The summed E-state index contributed by atoms with van der Waals surface area (Å²) >= 11 is 0. The van der Waals surface area contributed by atoms with Crippen molar-refractivity contribution in [2.24, 2.45) is 7.05 Å². The average molecular weight is 339 g/mol. The van der Waals surface area contributed by atoms with Crippen LogP contribution in [0.3, 0.4) is 0 Å². The first kappa shape index (κ1) is 15.7. The van der Waals surface area contributed by atoms with Crippen LogP contribution < -0.4 is 14.8 Å². The van der Waals surface area contributed by atoms with Gasteiger partial charge in [-0.05, 0) is 26.0 Å². The Hall–Kier alpha value is -2.83. The van der Waals surface area contributed by atoms with Crippen molar-refractivity contribution in [1.82, 2.24) is 19.7 Å². The van der Waals surface area contributed by atoms with Gasteiger partial charge in [-0.2, -0.15) is 5.10 Å². The van der Waals surface area contributed by atoms with Crippen LogP contribution in [-0.4, -0.2) is 32.5 Å². The molecule has 7 nitrogen and oxygen atoms in total. The number of anilines is 1. The van der Waals surface area contributed by atoms with Crippen LogP contribution in [0.4, 0.5) is 5.82 Å². The molecule has 2 aromatic heterocycles. The van der Waals surface area contributed by atoms with Crippen LogP contribution in [0, 0.1) is 0 Å². The van der Waals surface area contributed by atoms with Crippen LogP contribution in [0.1, 0.15) is 25.0 Å². The van der Waals surface area contributed by atoms with Gasteiger partial charge in [0.15, 0.2) is 5.65 Å². The summed E-state index contributed by atoms with van der Waals surface area (Å²) in [6, 6.07) is 4.16. The number of hydrogen-bond acceptors (Lipinski definition) is 6. The molecule has 0 spiro atoms. The molecule has 1 aliphatic heterocycles. The molecule has 1 N–H and O–H groups in total. The van der Waals surface area contributed by atoms with E-state index in [0.717, 1.165) is 40.3 Å². The zero-order valence-corrected chi connectivity index (χ0v) is 14.6. The zero-order chi connectivity index (χ0) is 17.4. The van der Waals surface area contributed by atoms with E-state index in [4.69, 9.17) is 9.47 Å². The quantitative estimate of drug-likeness (QED) is 0.770. The number of nitrogens with zero attached hydrogens (tertiary/aromatic N) is 4. The smallest absolute Gasteiger partial charge is 0.163 e. The van der Waals surface area contributed by atoms with E-state index >= 15 is 0 Å². The van der Waals surface area contributed by atoms with Crippen molar-refractivity contribution in [3.05, 3.63) is 35.8 Å². The molecule has 0 aliphatic carbocycles. The molecule has 0 unspecified atom stereocenters. The Balaban J connectivity index is 1.63. The summed E-state index contributed by atoms with van der Waals surface area (Å²) in [5, 5.41) is 8.52. The maximum absolute atomic E-state index is 5.88. The molecule has 0 saturated heterocycles. The van der Waals surface area contributed by atoms with Gasteiger partial charge in [0.25, 0.3) is 0 Å². The second kappa shape index (κ2) is 6.23. The molecule has 0 amide bonds. The van der Waals surface area contributed by atoms with Gasteiger partial charge in [0, 0.05) is 31.1 Å². The van der Waals surface area contributed by atoms with Gasteiger partial charge in [-0.3, -0.25) is 4.68 Å². The first-order valence-corrected chi connectivity index (χ1v) is 8.47. The third-order valence-electron chi connectivity index (χ3n) is 4.35. The lowest BCUT2D eigenvalue weighted by Gasteiger charge is -2.14. The Morgan fingerprint density at radius 3 is 3.08 bits per heavy atom. The summed E-state index contributed by atoms with van der Waals surface area (Å²) < 4.78 is 13.5. The number of hydrogen-bond donors (Lipinski definition) is 1. The van der Waals surface area contributed by atoms with Gasteiger partial charge in [0.1, 0.15) is 29.7 Å². The van der Waals surface area contributed by atoms with E-state index in [-0.39, 0.29) is 6.10 Å². The monoisotopic (exact) mass is 339 g/mol. The fourth-order valence-electron chi connectivity index (χ4n) is 3.19. The normalized spacial score (nSPS) is 15.9. The molecule has 0 fully saturated rings. The van der Waals surface area contributed by atoms with Gasteiger partial charge in [0.2, 0.25) is 0 Å². The van der Waals surface area contributed by atoms with E-state index in [1.807, 2.05) is 14.0 Å². The average Bonchev–Trinajstić information content (AvgIpc) is 3.15. The minimum absolute atomic E-state index is 0.213. The summed E-state index contributed by atoms with van der Waals surface area (Å²) in [6.45, 7) is 5.29. The maximum atomic E-state index is 5.88. The number of fused-ring (bicyclic) bond motifs is 2. The topological polar surface area (TPSA) is 74.1 Å². The van der Waals surface area contributed by atoms with Crippen LogP contribution in [0.25, 0.3) is 11.0 Å². The number of benzene rings is 1. The minimum Gasteiger partial charge on any atom is -0.494 e. The Bertz CT molecular complexity index is 921. The van der Waals surface area contributed by atoms with Crippen molar-refractivity contribution in [2.45, 2.75) is 32.9 Å². The predicted molar refractivity (Wildman–Crippen MR) is 95.0 cm³/mol. The third kappa shape index (κ3) is 2.86. The molecule has 1 aromatic carbocycles. The molecular formula is C18H21N5O2. The Morgan fingerprint density at radius 1 is 1.36 bits per heavy atom. The molecule has 1 atom stereocenters. The second-order valence-corrected chi connectivity index (χ2v) is 6.21. The highest BCUT2D eigenvalue weighted by Gasteiger charge is 2.22. The number of aryl methyl sites for hydroxylation is 1. The fraction of sp³-hybridized carbons (Fsp3) is 0.389. The molecule has 25 heavy (non-hydrogen) atoms. The minimum atomic E-state index is 0.213. The van der Waals surface area contributed by atoms with Crippen molar-refractivity contribution >= 4 is 16.9 Å². The van der Waals surface area contributed by atoms with Crippen molar-refractivity contribution in [1.29, 1.82) is 0 Å². The highest BCUT2D eigenvalue weighted by Crippen LogP contribution is 2.35. The van der Waals surface area contributed by atoms with Crippen LogP contribution in [0.2, 0.25) is 0 Å². The van der Waals surface area contributed by atoms with Gasteiger partial charge in [-0.25, -0.2) is 9.97 Å². The van der Waals surface area contributed by atoms with Crippen molar-refractivity contribution in [2.75, 3.05) is 11.9 Å². The molecule has 3 aromatic rings. The van der Waals surface area contributed by atoms with E-state index in [1.165, 1.54) is 5.56 Å². The van der Waals surface area contributed by atoms with Gasteiger partial charge in [-0.15, -0.1) is 0 Å². The molecule has 1 aliphatic rings. The van der Waals surface area contributed by atoms with E-state index in [0.29, 0.717) is 13.2 Å². The van der Waals surface area contributed by atoms with Crippen molar-refractivity contribution < 1.29 is 9.47 Å². The molecule has 0 radical (unpaired) electrons. The largest absolute Gasteiger partial charge is 0.494 e. The maximum Gasteiger partial charge on any atom is 0.163 e. The van der Waals surface area contributed by atoms with Crippen LogP contribution in [0.15, 0.2) is 24.7 Å². The molecular weight excluding hydrogens is 318 g/mol. The van der Waals surface area contributed by atoms with Crippen LogP contribution in [0.5, 0.6) is 11.5 Å². The Labute approximate surface area is 146 Å². The highest BCUT2D eigenvalue weighted by atomic mass is 16.5. The lowest BCUT2D eigenvalue weighted by atomic mass is 10.1. The lowest BCUT2D eigenvalue weighted by molar-refractivity contribution is 0.254. The SMILES string of the molecule is CCOc1cc2c(cc1CNc1ncnc3c1cnn3C)O[C@H](C)C2. The van der Waals surface area contributed by atoms with E-state index < -0.39 is 0 Å². The molecule has 130 valence electrons. The number of nitrogens with one attached hydrogen (secondary N) is 1.